The van der Waals surface area contributed by atoms with Crippen molar-refractivity contribution in [1.82, 2.24) is 5.32 Å². The maximum absolute atomic E-state index is 11.7. The van der Waals surface area contributed by atoms with Crippen molar-refractivity contribution in [3.63, 3.8) is 0 Å². The molecule has 2 aromatic rings. The van der Waals surface area contributed by atoms with E-state index in [9.17, 15) is 4.79 Å². The first-order valence-corrected chi connectivity index (χ1v) is 7.85. The van der Waals surface area contributed by atoms with Crippen LogP contribution in [0.1, 0.15) is 18.1 Å². The number of aryl methyl sites for hydroxylation is 2. The van der Waals surface area contributed by atoms with Crippen LogP contribution in [0.15, 0.2) is 48.5 Å². The molecule has 0 heterocycles. The number of hydrogen-bond acceptors (Lipinski definition) is 3. The van der Waals surface area contributed by atoms with Crippen LogP contribution in [-0.4, -0.2) is 25.7 Å². The van der Waals surface area contributed by atoms with Crippen molar-refractivity contribution in [2.24, 2.45) is 0 Å². The molecule has 2 aromatic carbocycles. The summed E-state index contributed by atoms with van der Waals surface area (Å²) in [5, 5.41) is 2.77. The molecule has 0 saturated carbocycles. The summed E-state index contributed by atoms with van der Waals surface area (Å²) in [6, 6.07) is 15.6. The summed E-state index contributed by atoms with van der Waals surface area (Å²) in [4.78, 5) is 11.7. The molecule has 0 aromatic heterocycles. The minimum Gasteiger partial charge on any atom is -0.492 e. The Morgan fingerprint density at radius 3 is 2.57 bits per heavy atom. The lowest BCUT2D eigenvalue weighted by atomic mass is 10.2. The van der Waals surface area contributed by atoms with E-state index in [1.54, 1.807) is 0 Å². The highest BCUT2D eigenvalue weighted by atomic mass is 16.5. The molecule has 0 saturated heterocycles. The minimum atomic E-state index is -0.156. The van der Waals surface area contributed by atoms with Crippen molar-refractivity contribution in [2.45, 2.75) is 20.3 Å². The summed E-state index contributed by atoms with van der Waals surface area (Å²) >= 11 is 0. The van der Waals surface area contributed by atoms with Crippen LogP contribution < -0.4 is 14.8 Å². The molecule has 1 N–H and O–H groups in total. The molecule has 0 aliphatic rings. The largest absolute Gasteiger partial charge is 0.492 e. The first-order valence-electron chi connectivity index (χ1n) is 7.85. The van der Waals surface area contributed by atoms with E-state index < -0.39 is 0 Å². The van der Waals surface area contributed by atoms with E-state index in [0.29, 0.717) is 18.9 Å². The second kappa shape index (κ2) is 8.83. The minimum absolute atomic E-state index is 0.00831. The van der Waals surface area contributed by atoms with Crippen molar-refractivity contribution in [1.29, 1.82) is 0 Å². The lowest BCUT2D eigenvalue weighted by Crippen LogP contribution is -2.32. The van der Waals surface area contributed by atoms with Crippen LogP contribution in [0.2, 0.25) is 0 Å². The Kier molecular flexibility index (Phi) is 6.48. The zero-order chi connectivity index (χ0) is 16.5. The lowest BCUT2D eigenvalue weighted by Gasteiger charge is -2.09. The van der Waals surface area contributed by atoms with Gasteiger partial charge in [-0.3, -0.25) is 4.79 Å². The molecule has 0 radical (unpaired) electrons. The molecule has 0 atom stereocenters. The predicted octanol–water partition coefficient (Wildman–Crippen LogP) is 3.13. The van der Waals surface area contributed by atoms with Gasteiger partial charge >= 0.3 is 0 Å². The second-order valence-corrected chi connectivity index (χ2v) is 5.30. The van der Waals surface area contributed by atoms with Crippen LogP contribution in [0.5, 0.6) is 11.5 Å². The lowest BCUT2D eigenvalue weighted by molar-refractivity contribution is -0.123. The fourth-order valence-electron chi connectivity index (χ4n) is 2.05. The molecule has 23 heavy (non-hydrogen) atoms. The average molecular weight is 313 g/mol. The molecule has 4 nitrogen and oxygen atoms in total. The van der Waals surface area contributed by atoms with Crippen LogP contribution in [0.4, 0.5) is 0 Å². The third-order valence-electron chi connectivity index (χ3n) is 3.39. The summed E-state index contributed by atoms with van der Waals surface area (Å²) < 4.78 is 11.0. The number of carbonyl (C=O) groups excluding carboxylic acids is 1. The zero-order valence-electron chi connectivity index (χ0n) is 13.7. The number of carbonyl (C=O) groups is 1. The summed E-state index contributed by atoms with van der Waals surface area (Å²) in [7, 11) is 0. The van der Waals surface area contributed by atoms with E-state index in [1.807, 2.05) is 49.4 Å². The number of rotatable bonds is 8. The Bertz CT molecular complexity index is 623. The van der Waals surface area contributed by atoms with Gasteiger partial charge in [-0.25, -0.2) is 0 Å². The van der Waals surface area contributed by atoms with Gasteiger partial charge < -0.3 is 14.8 Å². The smallest absolute Gasteiger partial charge is 0.258 e. The predicted molar refractivity (Wildman–Crippen MR) is 91.0 cm³/mol. The molecule has 0 fully saturated rings. The third kappa shape index (κ3) is 6.02. The molecule has 0 bridgehead atoms. The molecule has 0 unspecified atom stereocenters. The normalized spacial score (nSPS) is 10.2. The molecule has 1 amide bonds. The number of hydrogen-bond donors (Lipinski definition) is 1. The van der Waals surface area contributed by atoms with Crippen LogP contribution in [0.3, 0.4) is 0 Å². The van der Waals surface area contributed by atoms with Gasteiger partial charge in [-0.05, 0) is 43.2 Å². The fraction of sp³-hybridized carbons (Fsp3) is 0.316. The van der Waals surface area contributed by atoms with Gasteiger partial charge in [0.1, 0.15) is 18.1 Å². The highest BCUT2D eigenvalue weighted by Crippen LogP contribution is 2.13. The average Bonchev–Trinajstić information content (AvgIpc) is 2.58. The number of benzene rings is 2. The van der Waals surface area contributed by atoms with Crippen molar-refractivity contribution in [2.75, 3.05) is 19.8 Å². The van der Waals surface area contributed by atoms with Crippen molar-refractivity contribution in [3.8, 4) is 11.5 Å². The van der Waals surface area contributed by atoms with Gasteiger partial charge in [-0.15, -0.1) is 0 Å². The Morgan fingerprint density at radius 1 is 1.04 bits per heavy atom. The molecule has 0 aliphatic heterocycles. The van der Waals surface area contributed by atoms with Gasteiger partial charge in [0.15, 0.2) is 6.61 Å². The summed E-state index contributed by atoms with van der Waals surface area (Å²) in [6.45, 7) is 5.00. The van der Waals surface area contributed by atoms with Gasteiger partial charge in [-0.1, -0.05) is 36.8 Å². The van der Waals surface area contributed by atoms with Gasteiger partial charge in [0.25, 0.3) is 5.91 Å². The van der Waals surface area contributed by atoms with E-state index in [2.05, 4.69) is 18.3 Å². The molecule has 0 aliphatic carbocycles. The van der Waals surface area contributed by atoms with Crippen LogP contribution in [0, 0.1) is 6.92 Å². The Morgan fingerprint density at radius 2 is 1.83 bits per heavy atom. The van der Waals surface area contributed by atoms with Gasteiger partial charge in [0.05, 0.1) is 6.54 Å². The van der Waals surface area contributed by atoms with E-state index >= 15 is 0 Å². The Hall–Kier alpha value is -2.49. The quantitative estimate of drug-likeness (QED) is 0.762. The zero-order valence-corrected chi connectivity index (χ0v) is 13.7. The van der Waals surface area contributed by atoms with E-state index in [0.717, 1.165) is 17.7 Å². The summed E-state index contributed by atoms with van der Waals surface area (Å²) in [5.74, 6) is 1.37. The monoisotopic (exact) mass is 313 g/mol. The van der Waals surface area contributed by atoms with E-state index in [-0.39, 0.29) is 12.5 Å². The maximum Gasteiger partial charge on any atom is 0.258 e. The number of nitrogens with one attached hydrogen (secondary N) is 1. The molecule has 2 rings (SSSR count). The molecule has 122 valence electrons. The summed E-state index contributed by atoms with van der Waals surface area (Å²) in [5.41, 5.74) is 2.39. The fourth-order valence-corrected chi connectivity index (χ4v) is 2.05. The maximum atomic E-state index is 11.7. The third-order valence-corrected chi connectivity index (χ3v) is 3.39. The molecular formula is C19H23NO3. The van der Waals surface area contributed by atoms with Crippen LogP contribution in [0.25, 0.3) is 0 Å². The SMILES string of the molecule is CCc1cccc(OCCNC(=O)COc2ccc(C)cc2)c1. The molecule has 4 heteroatoms. The highest BCUT2D eigenvalue weighted by molar-refractivity contribution is 5.77. The topological polar surface area (TPSA) is 47.6 Å². The Balaban J connectivity index is 1.63. The van der Waals surface area contributed by atoms with E-state index in [4.69, 9.17) is 9.47 Å². The first kappa shape index (κ1) is 16.9. The number of ether oxygens (including phenoxy) is 2. The highest BCUT2D eigenvalue weighted by Gasteiger charge is 2.02. The van der Waals surface area contributed by atoms with Crippen LogP contribution >= 0.6 is 0 Å². The second-order valence-electron chi connectivity index (χ2n) is 5.30. The van der Waals surface area contributed by atoms with Crippen molar-refractivity contribution >= 4 is 5.91 Å². The van der Waals surface area contributed by atoms with Gasteiger partial charge in [0, 0.05) is 0 Å². The molecular weight excluding hydrogens is 290 g/mol. The van der Waals surface area contributed by atoms with E-state index in [1.165, 1.54) is 5.56 Å². The van der Waals surface area contributed by atoms with Crippen molar-refractivity contribution in [3.05, 3.63) is 59.7 Å². The van der Waals surface area contributed by atoms with Gasteiger partial charge in [-0.2, -0.15) is 0 Å². The van der Waals surface area contributed by atoms with Crippen LogP contribution in [-0.2, 0) is 11.2 Å². The summed E-state index contributed by atoms with van der Waals surface area (Å²) in [6.07, 6.45) is 0.976. The standard InChI is InChI=1S/C19H23NO3/c1-3-16-5-4-6-18(13-16)22-12-11-20-19(21)14-23-17-9-7-15(2)8-10-17/h4-10,13H,3,11-12,14H2,1-2H3,(H,20,21). The number of amides is 1. The van der Waals surface area contributed by atoms with Gasteiger partial charge in [0.2, 0.25) is 0 Å². The first-order chi connectivity index (χ1) is 11.2. The van der Waals surface area contributed by atoms with Crippen molar-refractivity contribution < 1.29 is 14.3 Å². The molecule has 0 spiro atoms. The Labute approximate surface area is 137 Å².